The van der Waals surface area contributed by atoms with Gasteiger partial charge in [0.2, 0.25) is 0 Å². The first kappa shape index (κ1) is 4.96. The summed E-state index contributed by atoms with van der Waals surface area (Å²) in [5, 5.41) is 0. The molecule has 1 aliphatic rings. The van der Waals surface area contributed by atoms with Gasteiger partial charge >= 0.3 is 0 Å². The third-order valence-electron chi connectivity index (χ3n) is 0.614. The molecule has 1 rings (SSSR count). The van der Waals surface area contributed by atoms with Crippen LogP contribution in [0, 0.1) is 0 Å². The molecule has 1 heterocycles. The molecule has 0 saturated heterocycles. The second-order valence-corrected chi connectivity index (χ2v) is 2.31. The fourth-order valence-electron chi connectivity index (χ4n) is 0.333. The predicted molar refractivity (Wildman–Crippen MR) is 37.5 cm³/mol. The van der Waals surface area contributed by atoms with Gasteiger partial charge in [-0.3, -0.25) is 5.43 Å². The molecule has 3 heteroatoms. The van der Waals surface area contributed by atoms with E-state index in [1.54, 1.807) is 0 Å². The summed E-state index contributed by atoms with van der Waals surface area (Å²) in [5.74, 6) is 0. The molecule has 0 amide bonds. The van der Waals surface area contributed by atoms with Crippen molar-refractivity contribution in [3.05, 3.63) is 22.1 Å². The highest BCUT2D eigenvalue weighted by Gasteiger charge is 1.85. The van der Waals surface area contributed by atoms with Gasteiger partial charge in [-0.1, -0.05) is 0 Å². The van der Waals surface area contributed by atoms with E-state index >= 15 is 0 Å². The number of nitrogens with one attached hydrogen (secondary N) is 2. The Morgan fingerprint density at radius 1 is 1.57 bits per heavy atom. The van der Waals surface area contributed by atoms with E-state index in [1.165, 1.54) is 0 Å². The lowest BCUT2D eigenvalue weighted by Gasteiger charge is -2.05. The van der Waals surface area contributed by atoms with Crippen molar-refractivity contribution in [2.24, 2.45) is 0 Å². The largest absolute Gasteiger partial charge is 0.308 e. The van der Waals surface area contributed by atoms with E-state index in [-0.39, 0.29) is 0 Å². The van der Waals surface area contributed by atoms with Gasteiger partial charge in [0.05, 0.1) is 3.70 Å². The molecule has 0 saturated carbocycles. The minimum Gasteiger partial charge on any atom is -0.308 e. The van der Waals surface area contributed by atoms with Crippen molar-refractivity contribution in [2.75, 3.05) is 0 Å². The van der Waals surface area contributed by atoms with E-state index in [2.05, 4.69) is 33.4 Å². The molecule has 0 aliphatic carbocycles. The molecule has 0 aromatic rings. The number of allylic oxidation sites excluding steroid dienone is 2. The SMILES string of the molecule is IC1=CC=CNN1. The molecule has 0 bridgehead atoms. The molecule has 0 fully saturated rings. The fourth-order valence-corrected chi connectivity index (χ4v) is 0.696. The van der Waals surface area contributed by atoms with Crippen LogP contribution in [0.15, 0.2) is 22.1 Å². The number of hydrogen-bond donors (Lipinski definition) is 2. The maximum Gasteiger partial charge on any atom is 0.0919 e. The molecular weight excluding hydrogens is 203 g/mol. The number of halogens is 1. The Hall–Kier alpha value is -0.190. The highest BCUT2D eigenvalue weighted by atomic mass is 127. The highest BCUT2D eigenvalue weighted by Crippen LogP contribution is 2.00. The Bertz CT molecular complexity index is 117. The molecule has 7 heavy (non-hydrogen) atoms. The molecular formula is C4H5IN2. The first-order valence-electron chi connectivity index (χ1n) is 1.93. The van der Waals surface area contributed by atoms with Crippen LogP contribution in [0.2, 0.25) is 0 Å². The normalized spacial score (nSPS) is 17.0. The molecule has 0 aromatic heterocycles. The van der Waals surface area contributed by atoms with E-state index < -0.39 is 0 Å². The van der Waals surface area contributed by atoms with Crippen molar-refractivity contribution in [1.82, 2.24) is 10.9 Å². The zero-order valence-corrected chi connectivity index (χ0v) is 5.77. The van der Waals surface area contributed by atoms with E-state index in [0.717, 1.165) is 3.70 Å². The summed E-state index contributed by atoms with van der Waals surface area (Å²) in [6, 6.07) is 0. The van der Waals surface area contributed by atoms with Crippen LogP contribution in [0.1, 0.15) is 0 Å². The lowest BCUT2D eigenvalue weighted by Crippen LogP contribution is -2.24. The average Bonchev–Trinajstić information content (AvgIpc) is 1.69. The van der Waals surface area contributed by atoms with Gasteiger partial charge in [-0.15, -0.1) is 0 Å². The molecule has 38 valence electrons. The topological polar surface area (TPSA) is 24.1 Å². The second kappa shape index (κ2) is 2.20. The number of rotatable bonds is 0. The number of hydrazine groups is 1. The Labute approximate surface area is 55.8 Å². The van der Waals surface area contributed by atoms with Gasteiger partial charge in [0.15, 0.2) is 0 Å². The van der Waals surface area contributed by atoms with E-state index in [0.29, 0.717) is 0 Å². The van der Waals surface area contributed by atoms with E-state index in [9.17, 15) is 0 Å². The highest BCUT2D eigenvalue weighted by molar-refractivity contribution is 14.1. The van der Waals surface area contributed by atoms with Crippen LogP contribution in [0.4, 0.5) is 0 Å². The Balaban J connectivity index is 2.57. The third kappa shape index (κ3) is 1.38. The quantitative estimate of drug-likeness (QED) is 0.456. The molecule has 0 radical (unpaired) electrons. The molecule has 0 unspecified atom stereocenters. The van der Waals surface area contributed by atoms with Gasteiger partial charge in [-0.25, -0.2) is 0 Å². The zero-order valence-electron chi connectivity index (χ0n) is 3.61. The second-order valence-electron chi connectivity index (χ2n) is 1.14. The van der Waals surface area contributed by atoms with Crippen LogP contribution >= 0.6 is 22.6 Å². The number of hydrogen-bond acceptors (Lipinski definition) is 2. The fraction of sp³-hybridized carbons (Fsp3) is 0. The smallest absolute Gasteiger partial charge is 0.0919 e. The maximum atomic E-state index is 2.89. The summed E-state index contributed by atoms with van der Waals surface area (Å²) >= 11 is 2.19. The molecule has 0 spiro atoms. The standard InChI is InChI=1S/C4H5IN2/c5-4-2-1-3-6-7-4/h1-3,6-7H. The van der Waals surface area contributed by atoms with Gasteiger partial charge in [-0.05, 0) is 34.7 Å². The Morgan fingerprint density at radius 3 is 2.71 bits per heavy atom. The van der Waals surface area contributed by atoms with Gasteiger partial charge in [0.25, 0.3) is 0 Å². The van der Waals surface area contributed by atoms with Crippen LogP contribution in [0.3, 0.4) is 0 Å². The summed E-state index contributed by atoms with van der Waals surface area (Å²) in [6.07, 6.45) is 5.76. The van der Waals surface area contributed by atoms with Crippen LogP contribution in [0.25, 0.3) is 0 Å². The molecule has 2 nitrogen and oxygen atoms in total. The van der Waals surface area contributed by atoms with Crippen molar-refractivity contribution in [1.29, 1.82) is 0 Å². The van der Waals surface area contributed by atoms with Crippen LogP contribution in [-0.2, 0) is 0 Å². The van der Waals surface area contributed by atoms with Crippen molar-refractivity contribution >= 4 is 22.6 Å². The van der Waals surface area contributed by atoms with Crippen LogP contribution in [-0.4, -0.2) is 0 Å². The molecule has 2 N–H and O–H groups in total. The summed E-state index contributed by atoms with van der Waals surface area (Å²) < 4.78 is 1.11. The lowest BCUT2D eigenvalue weighted by atomic mass is 10.5. The summed E-state index contributed by atoms with van der Waals surface area (Å²) in [5.41, 5.74) is 5.72. The van der Waals surface area contributed by atoms with Crippen molar-refractivity contribution in [3.63, 3.8) is 0 Å². The zero-order chi connectivity index (χ0) is 5.11. The minimum atomic E-state index is 1.11. The third-order valence-corrected chi connectivity index (χ3v) is 1.24. The van der Waals surface area contributed by atoms with Gasteiger partial charge in [-0.2, -0.15) is 0 Å². The van der Waals surface area contributed by atoms with Gasteiger partial charge in [0, 0.05) is 6.20 Å². The van der Waals surface area contributed by atoms with Gasteiger partial charge < -0.3 is 5.43 Å². The average molecular weight is 208 g/mol. The molecule has 0 aromatic carbocycles. The molecule has 0 atom stereocenters. The summed E-state index contributed by atoms with van der Waals surface area (Å²) in [4.78, 5) is 0. The minimum absolute atomic E-state index is 1.11. The summed E-state index contributed by atoms with van der Waals surface area (Å²) in [6.45, 7) is 0. The van der Waals surface area contributed by atoms with Crippen molar-refractivity contribution in [3.8, 4) is 0 Å². The van der Waals surface area contributed by atoms with E-state index in [4.69, 9.17) is 0 Å². The predicted octanol–water partition coefficient (Wildman–Crippen LogP) is 0.884. The van der Waals surface area contributed by atoms with Crippen LogP contribution in [0.5, 0.6) is 0 Å². The van der Waals surface area contributed by atoms with Crippen LogP contribution < -0.4 is 10.9 Å². The monoisotopic (exact) mass is 208 g/mol. The summed E-state index contributed by atoms with van der Waals surface area (Å²) in [7, 11) is 0. The maximum absolute atomic E-state index is 2.89. The Morgan fingerprint density at radius 2 is 2.43 bits per heavy atom. The molecule has 1 aliphatic heterocycles. The lowest BCUT2D eigenvalue weighted by molar-refractivity contribution is 0.762. The van der Waals surface area contributed by atoms with Crippen molar-refractivity contribution < 1.29 is 0 Å². The van der Waals surface area contributed by atoms with Crippen molar-refractivity contribution in [2.45, 2.75) is 0 Å². The van der Waals surface area contributed by atoms with Gasteiger partial charge in [0.1, 0.15) is 0 Å². The first-order chi connectivity index (χ1) is 3.39. The van der Waals surface area contributed by atoms with E-state index in [1.807, 2.05) is 18.4 Å². The Kier molecular flexibility index (Phi) is 1.56. The first-order valence-corrected chi connectivity index (χ1v) is 3.01.